The van der Waals surface area contributed by atoms with E-state index in [4.69, 9.17) is 16.3 Å². The summed E-state index contributed by atoms with van der Waals surface area (Å²) >= 11 is 5.70. The van der Waals surface area contributed by atoms with Crippen LogP contribution in [-0.4, -0.2) is 12.5 Å². The second-order valence-electron chi connectivity index (χ2n) is 5.01. The number of aryl methyl sites for hydroxylation is 2. The summed E-state index contributed by atoms with van der Waals surface area (Å²) in [4.78, 5) is 0. The first kappa shape index (κ1) is 14.9. The summed E-state index contributed by atoms with van der Waals surface area (Å²) in [6.45, 7) is 4.99. The maximum absolute atomic E-state index is 5.97. The Kier molecular flexibility index (Phi) is 5.49. The summed E-state index contributed by atoms with van der Waals surface area (Å²) in [5, 5.41) is 0. The molecule has 0 radical (unpaired) electrons. The Balaban J connectivity index is 2.30. The molecule has 0 atom stereocenters. The van der Waals surface area contributed by atoms with E-state index in [1.165, 1.54) is 22.3 Å². The summed E-state index contributed by atoms with van der Waals surface area (Å²) in [6, 6.07) is 14.7. The zero-order valence-electron chi connectivity index (χ0n) is 12.2. The molecule has 2 aromatic rings. The van der Waals surface area contributed by atoms with Gasteiger partial charge in [0.05, 0.1) is 6.61 Å². The van der Waals surface area contributed by atoms with Crippen molar-refractivity contribution < 1.29 is 4.74 Å². The van der Waals surface area contributed by atoms with Crippen LogP contribution in [0.4, 0.5) is 0 Å². The molecule has 2 rings (SSSR count). The Morgan fingerprint density at radius 3 is 2.40 bits per heavy atom. The van der Waals surface area contributed by atoms with Crippen LogP contribution in [0.1, 0.15) is 24.0 Å². The van der Waals surface area contributed by atoms with Crippen LogP contribution in [0.5, 0.6) is 5.75 Å². The molecular formula is C18H21ClO. The van der Waals surface area contributed by atoms with E-state index in [-0.39, 0.29) is 0 Å². The van der Waals surface area contributed by atoms with Gasteiger partial charge in [0.2, 0.25) is 0 Å². The number of halogens is 1. The van der Waals surface area contributed by atoms with Gasteiger partial charge in [0.1, 0.15) is 5.75 Å². The van der Waals surface area contributed by atoms with Crippen molar-refractivity contribution in [2.45, 2.75) is 26.7 Å². The number of unbranched alkanes of at least 4 members (excludes halogenated alkanes) is 1. The third-order valence-corrected chi connectivity index (χ3v) is 3.70. The molecule has 0 aliphatic heterocycles. The van der Waals surface area contributed by atoms with Gasteiger partial charge in [-0.15, -0.1) is 11.6 Å². The van der Waals surface area contributed by atoms with Crippen LogP contribution in [-0.2, 0) is 0 Å². The molecule has 0 heterocycles. The molecule has 0 unspecified atom stereocenters. The number of hydrogen-bond acceptors (Lipinski definition) is 1. The van der Waals surface area contributed by atoms with Crippen LogP contribution in [0.2, 0.25) is 0 Å². The van der Waals surface area contributed by atoms with Gasteiger partial charge < -0.3 is 4.74 Å². The second kappa shape index (κ2) is 7.35. The molecular weight excluding hydrogens is 268 g/mol. The number of benzene rings is 2. The lowest BCUT2D eigenvalue weighted by Gasteiger charge is -2.15. The lowest BCUT2D eigenvalue weighted by molar-refractivity contribution is 0.311. The molecule has 0 fully saturated rings. The first-order valence-electron chi connectivity index (χ1n) is 7.08. The Morgan fingerprint density at radius 2 is 1.65 bits per heavy atom. The van der Waals surface area contributed by atoms with Crippen molar-refractivity contribution in [3.05, 3.63) is 53.6 Å². The van der Waals surface area contributed by atoms with Gasteiger partial charge in [0.25, 0.3) is 0 Å². The number of rotatable bonds is 6. The first-order valence-corrected chi connectivity index (χ1v) is 7.62. The van der Waals surface area contributed by atoms with Crippen LogP contribution in [0.3, 0.4) is 0 Å². The third-order valence-electron chi connectivity index (χ3n) is 3.43. The van der Waals surface area contributed by atoms with Crippen LogP contribution >= 0.6 is 11.6 Å². The van der Waals surface area contributed by atoms with Crippen LogP contribution < -0.4 is 4.74 Å². The highest BCUT2D eigenvalue weighted by atomic mass is 35.5. The van der Waals surface area contributed by atoms with E-state index < -0.39 is 0 Å². The predicted octanol–water partition coefficient (Wildman–Crippen LogP) is 5.37. The number of ether oxygens (including phenoxy) is 1. The fraction of sp³-hybridized carbons (Fsp3) is 0.333. The van der Waals surface area contributed by atoms with E-state index in [0.29, 0.717) is 5.88 Å². The lowest BCUT2D eigenvalue weighted by Crippen LogP contribution is -2.00. The molecule has 1 nitrogen and oxygen atoms in total. The molecule has 0 N–H and O–H groups in total. The fourth-order valence-corrected chi connectivity index (χ4v) is 2.53. The van der Waals surface area contributed by atoms with E-state index in [9.17, 15) is 0 Å². The summed E-state index contributed by atoms with van der Waals surface area (Å²) in [5.74, 6) is 1.66. The molecule has 0 saturated heterocycles. The van der Waals surface area contributed by atoms with Crippen molar-refractivity contribution >= 4 is 11.6 Å². The molecule has 0 aliphatic carbocycles. The van der Waals surface area contributed by atoms with Crippen LogP contribution in [0.25, 0.3) is 11.1 Å². The highest BCUT2D eigenvalue weighted by Crippen LogP contribution is 2.35. The van der Waals surface area contributed by atoms with Crippen molar-refractivity contribution in [3.63, 3.8) is 0 Å². The van der Waals surface area contributed by atoms with Gasteiger partial charge in [0, 0.05) is 11.4 Å². The van der Waals surface area contributed by atoms with Gasteiger partial charge in [-0.25, -0.2) is 0 Å². The van der Waals surface area contributed by atoms with E-state index in [2.05, 4.69) is 50.2 Å². The smallest absolute Gasteiger partial charge is 0.127 e. The molecule has 0 aliphatic rings. The minimum atomic E-state index is 0.696. The SMILES string of the molecule is Cc1ccccc1-c1c(C)cccc1OCCCCCl. The summed E-state index contributed by atoms with van der Waals surface area (Å²) in [5.41, 5.74) is 4.97. The average molecular weight is 289 g/mol. The maximum Gasteiger partial charge on any atom is 0.127 e. The molecule has 2 heteroatoms. The Morgan fingerprint density at radius 1 is 0.900 bits per heavy atom. The van der Waals surface area contributed by atoms with Crippen LogP contribution in [0.15, 0.2) is 42.5 Å². The average Bonchev–Trinajstić information content (AvgIpc) is 2.45. The normalized spacial score (nSPS) is 10.6. The molecule has 0 saturated carbocycles. The van der Waals surface area contributed by atoms with Crippen molar-refractivity contribution in [2.75, 3.05) is 12.5 Å². The van der Waals surface area contributed by atoms with E-state index in [1.54, 1.807) is 0 Å². The highest BCUT2D eigenvalue weighted by Gasteiger charge is 2.11. The van der Waals surface area contributed by atoms with Crippen molar-refractivity contribution in [1.82, 2.24) is 0 Å². The molecule has 2 aromatic carbocycles. The van der Waals surface area contributed by atoms with Crippen LogP contribution in [0, 0.1) is 13.8 Å². The quantitative estimate of drug-likeness (QED) is 0.513. The van der Waals surface area contributed by atoms with Gasteiger partial charge in [-0.3, -0.25) is 0 Å². The van der Waals surface area contributed by atoms with Gasteiger partial charge in [-0.05, 0) is 49.4 Å². The topological polar surface area (TPSA) is 9.23 Å². The van der Waals surface area contributed by atoms with Crippen molar-refractivity contribution in [2.24, 2.45) is 0 Å². The minimum Gasteiger partial charge on any atom is -0.493 e. The lowest BCUT2D eigenvalue weighted by atomic mass is 9.96. The van der Waals surface area contributed by atoms with E-state index in [0.717, 1.165) is 25.2 Å². The molecule has 0 aromatic heterocycles. The summed E-state index contributed by atoms with van der Waals surface area (Å²) in [6.07, 6.45) is 1.98. The highest BCUT2D eigenvalue weighted by molar-refractivity contribution is 6.17. The molecule has 0 bridgehead atoms. The molecule has 0 amide bonds. The number of alkyl halides is 1. The van der Waals surface area contributed by atoms with Gasteiger partial charge in [-0.1, -0.05) is 36.4 Å². The number of hydrogen-bond donors (Lipinski definition) is 0. The second-order valence-corrected chi connectivity index (χ2v) is 5.39. The van der Waals surface area contributed by atoms with E-state index >= 15 is 0 Å². The molecule has 0 spiro atoms. The Hall–Kier alpha value is -1.47. The Bertz CT molecular complexity index is 563. The third kappa shape index (κ3) is 3.55. The van der Waals surface area contributed by atoms with Gasteiger partial charge in [-0.2, -0.15) is 0 Å². The zero-order chi connectivity index (χ0) is 14.4. The van der Waals surface area contributed by atoms with Crippen molar-refractivity contribution in [1.29, 1.82) is 0 Å². The largest absolute Gasteiger partial charge is 0.493 e. The zero-order valence-corrected chi connectivity index (χ0v) is 12.9. The summed E-state index contributed by atoms with van der Waals surface area (Å²) in [7, 11) is 0. The predicted molar refractivity (Wildman–Crippen MR) is 86.8 cm³/mol. The fourth-order valence-electron chi connectivity index (χ4n) is 2.34. The van der Waals surface area contributed by atoms with Gasteiger partial charge >= 0.3 is 0 Å². The summed E-state index contributed by atoms with van der Waals surface area (Å²) < 4.78 is 5.97. The van der Waals surface area contributed by atoms with Crippen molar-refractivity contribution in [3.8, 4) is 16.9 Å². The molecule has 20 heavy (non-hydrogen) atoms. The monoisotopic (exact) mass is 288 g/mol. The Labute approximate surface area is 126 Å². The minimum absolute atomic E-state index is 0.696. The maximum atomic E-state index is 5.97. The standard InChI is InChI=1S/C18H21ClO/c1-14-8-3-4-10-16(14)18-15(2)9-7-11-17(18)20-13-6-5-12-19/h3-4,7-11H,5-6,12-13H2,1-2H3. The van der Waals surface area contributed by atoms with E-state index in [1.807, 2.05) is 6.07 Å². The van der Waals surface area contributed by atoms with Gasteiger partial charge in [0.15, 0.2) is 0 Å². The molecule has 106 valence electrons. The first-order chi connectivity index (χ1) is 9.74.